The molecule has 7 heavy (non-hydrogen) atoms. The Morgan fingerprint density at radius 3 is 1.29 bits per heavy atom. The molecule has 1 radical (unpaired) electrons. The number of aliphatic hydroxyl groups is 1. The summed E-state index contributed by atoms with van der Waals surface area (Å²) >= 11 is 0.750. The standard InChI is InChI=1S/C3H8O.2CH3.Al/c1-3(2)4;;;/h3-4H,1-2H3;2*1H3;. The van der Waals surface area contributed by atoms with Crippen LogP contribution in [0, 0.1) is 0 Å². The summed E-state index contributed by atoms with van der Waals surface area (Å²) in [7, 11) is 0. The van der Waals surface area contributed by atoms with Crippen molar-refractivity contribution in [3.8, 4) is 0 Å². The highest BCUT2D eigenvalue weighted by molar-refractivity contribution is 6.31. The van der Waals surface area contributed by atoms with E-state index in [0.29, 0.717) is 0 Å². The first kappa shape index (κ1) is 10.5. The second-order valence-corrected chi connectivity index (χ2v) is 2.83. The van der Waals surface area contributed by atoms with Crippen molar-refractivity contribution in [3.63, 3.8) is 0 Å². The first-order chi connectivity index (χ1) is 3.15. The molecule has 1 nitrogen and oxygen atoms in total. The molecule has 2 heteroatoms. The van der Waals surface area contributed by atoms with Crippen molar-refractivity contribution in [3.05, 3.63) is 0 Å². The van der Waals surface area contributed by atoms with E-state index in [0.717, 1.165) is 15.2 Å². The van der Waals surface area contributed by atoms with Gasteiger partial charge in [0.15, 0.2) is 15.2 Å². The zero-order chi connectivity index (χ0) is 6.28. The number of hydrogen-bond donors (Lipinski definition) is 1. The van der Waals surface area contributed by atoms with E-state index in [1.807, 2.05) is 0 Å². The molecule has 0 aromatic heterocycles. The van der Waals surface area contributed by atoms with Gasteiger partial charge in [0.2, 0.25) is 0 Å². The van der Waals surface area contributed by atoms with E-state index in [1.54, 1.807) is 13.8 Å². The molecule has 0 saturated carbocycles. The van der Waals surface area contributed by atoms with Crippen molar-refractivity contribution in [2.75, 3.05) is 0 Å². The van der Waals surface area contributed by atoms with Crippen LogP contribution >= 0.6 is 0 Å². The normalized spacial score (nSPS) is 7.14. The molecule has 0 atom stereocenters. The molecule has 1 N–H and O–H groups in total. The summed E-state index contributed by atoms with van der Waals surface area (Å²) in [5.41, 5.74) is 0. The number of hydrogen-bond acceptors (Lipinski definition) is 1. The highest BCUT2D eigenvalue weighted by atomic mass is 27.1. The quantitative estimate of drug-likeness (QED) is 0.472. The second-order valence-electron chi connectivity index (χ2n) is 1.67. The van der Waals surface area contributed by atoms with Gasteiger partial charge in [-0.3, -0.25) is 0 Å². The molecule has 0 bridgehead atoms. The molecule has 0 fully saturated rings. The van der Waals surface area contributed by atoms with Crippen LogP contribution in [-0.2, 0) is 0 Å². The van der Waals surface area contributed by atoms with E-state index in [2.05, 4.69) is 11.6 Å². The van der Waals surface area contributed by atoms with Crippen molar-refractivity contribution < 1.29 is 5.11 Å². The molecule has 0 heterocycles. The fourth-order valence-electron chi connectivity index (χ4n) is 0. The summed E-state index contributed by atoms with van der Waals surface area (Å²) in [6.07, 6.45) is -0.167. The molecule has 0 saturated heterocycles. The molecule has 0 aliphatic heterocycles. The Balaban J connectivity index is 0. The summed E-state index contributed by atoms with van der Waals surface area (Å²) in [6, 6.07) is 0. The lowest BCUT2D eigenvalue weighted by Crippen LogP contribution is -1.85. The minimum Gasteiger partial charge on any atom is -0.394 e. The molecular formula is C5H14AlO. The van der Waals surface area contributed by atoms with Crippen LogP contribution in [0.2, 0.25) is 11.6 Å². The lowest BCUT2D eigenvalue weighted by molar-refractivity contribution is 0.216. The zero-order valence-electron chi connectivity index (χ0n) is 5.60. The van der Waals surface area contributed by atoms with Gasteiger partial charge in [-0.1, -0.05) is 0 Å². The average Bonchev–Trinajstić information content (AvgIpc) is 1.33. The van der Waals surface area contributed by atoms with Crippen molar-refractivity contribution in [1.29, 1.82) is 0 Å². The van der Waals surface area contributed by atoms with Gasteiger partial charge < -0.3 is 5.11 Å². The molecular weight excluding hydrogens is 103 g/mol. The molecule has 0 aromatic rings. The topological polar surface area (TPSA) is 20.2 Å². The monoisotopic (exact) mass is 117 g/mol. The van der Waals surface area contributed by atoms with Crippen molar-refractivity contribution in [1.82, 2.24) is 0 Å². The van der Waals surface area contributed by atoms with Gasteiger partial charge in [-0.25, -0.2) is 0 Å². The predicted octanol–water partition coefficient (Wildman–Crippen LogP) is 1.17. The van der Waals surface area contributed by atoms with E-state index in [9.17, 15) is 0 Å². The van der Waals surface area contributed by atoms with Crippen LogP contribution in [0.3, 0.4) is 0 Å². The van der Waals surface area contributed by atoms with Crippen LogP contribution in [0.1, 0.15) is 13.8 Å². The van der Waals surface area contributed by atoms with E-state index in [4.69, 9.17) is 5.11 Å². The lowest BCUT2D eigenvalue weighted by atomic mass is 10.5. The van der Waals surface area contributed by atoms with Gasteiger partial charge in [-0.2, -0.15) is 0 Å². The third-order valence-electron chi connectivity index (χ3n) is 0. The van der Waals surface area contributed by atoms with Crippen molar-refractivity contribution in [2.24, 2.45) is 0 Å². The fourth-order valence-corrected chi connectivity index (χ4v) is 0. The first-order valence-corrected chi connectivity index (χ1v) is 4.88. The fraction of sp³-hybridized carbons (Fsp3) is 1.00. The summed E-state index contributed by atoms with van der Waals surface area (Å²) in [5, 5.41) is 8.06. The largest absolute Gasteiger partial charge is 0.394 e. The summed E-state index contributed by atoms with van der Waals surface area (Å²) < 4.78 is 0. The molecule has 0 aliphatic rings. The summed E-state index contributed by atoms with van der Waals surface area (Å²) in [5.74, 6) is 4.42. The highest BCUT2D eigenvalue weighted by Crippen LogP contribution is 1.65. The Hall–Kier alpha value is 0.492. The van der Waals surface area contributed by atoms with Gasteiger partial charge in [0, 0.05) is 6.10 Å². The van der Waals surface area contributed by atoms with Crippen molar-refractivity contribution in [2.45, 2.75) is 31.5 Å². The Morgan fingerprint density at radius 1 is 1.29 bits per heavy atom. The van der Waals surface area contributed by atoms with E-state index >= 15 is 0 Å². The number of aliphatic hydroxyl groups excluding tert-OH is 1. The maximum Gasteiger partial charge on any atom is 0.191 e. The zero-order valence-corrected chi connectivity index (χ0v) is 6.76. The van der Waals surface area contributed by atoms with E-state index < -0.39 is 0 Å². The third kappa shape index (κ3) is 540. The molecule has 0 unspecified atom stereocenters. The van der Waals surface area contributed by atoms with Crippen LogP contribution in [0.15, 0.2) is 0 Å². The minimum atomic E-state index is -0.167. The Morgan fingerprint density at radius 2 is 1.29 bits per heavy atom. The third-order valence-corrected chi connectivity index (χ3v) is 0. The molecule has 0 rings (SSSR count). The second kappa shape index (κ2) is 9.70. The molecule has 43 valence electrons. The SMILES string of the molecule is CC(C)O.[CH3][Al][CH3]. The molecule has 0 amide bonds. The Bertz CT molecular complexity index is 19.3. The van der Waals surface area contributed by atoms with Crippen LogP contribution in [0.5, 0.6) is 0 Å². The average molecular weight is 117 g/mol. The maximum absolute atomic E-state index is 8.06. The van der Waals surface area contributed by atoms with Crippen LogP contribution in [-0.4, -0.2) is 26.4 Å². The number of rotatable bonds is 0. The van der Waals surface area contributed by atoms with Gasteiger partial charge in [-0.15, -0.1) is 11.6 Å². The van der Waals surface area contributed by atoms with E-state index in [1.165, 1.54) is 0 Å². The summed E-state index contributed by atoms with van der Waals surface area (Å²) in [6.45, 7) is 3.44. The Labute approximate surface area is 52.5 Å². The maximum atomic E-state index is 8.06. The lowest BCUT2D eigenvalue weighted by Gasteiger charge is -1.80. The highest BCUT2D eigenvalue weighted by Gasteiger charge is 1.69. The van der Waals surface area contributed by atoms with Gasteiger partial charge in [0.25, 0.3) is 0 Å². The van der Waals surface area contributed by atoms with Crippen LogP contribution in [0.4, 0.5) is 0 Å². The summed E-state index contributed by atoms with van der Waals surface area (Å²) in [4.78, 5) is 0. The van der Waals surface area contributed by atoms with Gasteiger partial charge in [0.1, 0.15) is 0 Å². The van der Waals surface area contributed by atoms with Gasteiger partial charge in [-0.05, 0) is 13.8 Å². The van der Waals surface area contributed by atoms with Crippen molar-refractivity contribution >= 4 is 15.2 Å². The molecule has 0 aromatic carbocycles. The molecule has 0 spiro atoms. The van der Waals surface area contributed by atoms with Gasteiger partial charge >= 0.3 is 0 Å². The van der Waals surface area contributed by atoms with Crippen LogP contribution < -0.4 is 0 Å². The van der Waals surface area contributed by atoms with Gasteiger partial charge in [0.05, 0.1) is 0 Å². The Kier molecular flexibility index (Phi) is 14.5. The smallest absolute Gasteiger partial charge is 0.191 e. The van der Waals surface area contributed by atoms with Crippen LogP contribution in [0.25, 0.3) is 0 Å². The predicted molar refractivity (Wildman–Crippen MR) is 34.8 cm³/mol. The minimum absolute atomic E-state index is 0.167. The first-order valence-electron chi connectivity index (χ1n) is 2.57. The molecule has 0 aliphatic carbocycles. The van der Waals surface area contributed by atoms with E-state index in [-0.39, 0.29) is 6.10 Å².